The van der Waals surface area contributed by atoms with Crippen molar-refractivity contribution in [2.24, 2.45) is 5.92 Å². The summed E-state index contributed by atoms with van der Waals surface area (Å²) in [5, 5.41) is 0. The minimum Gasteiger partial charge on any atom is -0.312 e. The first-order valence-electron chi connectivity index (χ1n) is 9.94. The lowest BCUT2D eigenvalue weighted by atomic mass is 9.94. The SMILES string of the molecule is O=C1CCc2ccccc2N1CC1CCCN(CCc2ccccc2)C1. The number of likely N-dealkylation sites (tertiary alicyclic amines) is 1. The third-order valence-corrected chi connectivity index (χ3v) is 5.80. The van der Waals surface area contributed by atoms with E-state index in [1.54, 1.807) is 0 Å². The van der Waals surface area contributed by atoms with Crippen LogP contribution in [0.2, 0.25) is 0 Å². The number of para-hydroxylation sites is 1. The summed E-state index contributed by atoms with van der Waals surface area (Å²) in [7, 11) is 0. The second-order valence-corrected chi connectivity index (χ2v) is 7.68. The molecule has 136 valence electrons. The third kappa shape index (κ3) is 3.99. The molecule has 4 rings (SSSR count). The Kier molecular flexibility index (Phi) is 5.35. The maximum absolute atomic E-state index is 12.5. The second kappa shape index (κ2) is 8.05. The van der Waals surface area contributed by atoms with Gasteiger partial charge in [-0.3, -0.25) is 4.79 Å². The van der Waals surface area contributed by atoms with Gasteiger partial charge in [-0.05, 0) is 55.3 Å². The average Bonchev–Trinajstić information content (AvgIpc) is 2.70. The molecule has 0 bridgehead atoms. The fourth-order valence-corrected chi connectivity index (χ4v) is 4.39. The van der Waals surface area contributed by atoms with Crippen molar-refractivity contribution in [1.29, 1.82) is 0 Å². The Morgan fingerprint density at radius 3 is 2.65 bits per heavy atom. The molecule has 2 heterocycles. The standard InChI is InChI=1S/C23H28N2O/c26-23-13-12-21-10-4-5-11-22(21)25(23)18-20-9-6-15-24(17-20)16-14-19-7-2-1-3-8-19/h1-5,7-8,10-11,20H,6,9,12-18H2. The molecule has 1 amide bonds. The molecule has 3 heteroatoms. The van der Waals surface area contributed by atoms with Crippen molar-refractivity contribution >= 4 is 11.6 Å². The lowest BCUT2D eigenvalue weighted by Gasteiger charge is -2.37. The fraction of sp³-hybridized carbons (Fsp3) is 0.435. The van der Waals surface area contributed by atoms with Crippen LogP contribution in [0.4, 0.5) is 5.69 Å². The molecule has 1 atom stereocenters. The molecule has 0 aliphatic carbocycles. The maximum Gasteiger partial charge on any atom is 0.227 e. The van der Waals surface area contributed by atoms with Gasteiger partial charge in [-0.1, -0.05) is 48.5 Å². The topological polar surface area (TPSA) is 23.6 Å². The summed E-state index contributed by atoms with van der Waals surface area (Å²) in [5.41, 5.74) is 3.88. The van der Waals surface area contributed by atoms with Crippen molar-refractivity contribution in [3.05, 3.63) is 65.7 Å². The number of rotatable bonds is 5. The molecule has 2 aliphatic rings. The molecular weight excluding hydrogens is 320 g/mol. The van der Waals surface area contributed by atoms with E-state index in [2.05, 4.69) is 64.4 Å². The first-order valence-corrected chi connectivity index (χ1v) is 9.94. The Bertz CT molecular complexity index is 743. The molecule has 2 aromatic rings. The number of hydrogen-bond acceptors (Lipinski definition) is 2. The van der Waals surface area contributed by atoms with E-state index in [9.17, 15) is 4.79 Å². The van der Waals surface area contributed by atoms with Crippen LogP contribution in [-0.2, 0) is 17.6 Å². The summed E-state index contributed by atoms with van der Waals surface area (Å²) in [5.74, 6) is 0.875. The quantitative estimate of drug-likeness (QED) is 0.818. The van der Waals surface area contributed by atoms with E-state index < -0.39 is 0 Å². The van der Waals surface area contributed by atoms with Gasteiger partial charge in [-0.15, -0.1) is 0 Å². The van der Waals surface area contributed by atoms with E-state index in [4.69, 9.17) is 0 Å². The molecule has 1 saturated heterocycles. The van der Waals surface area contributed by atoms with E-state index in [-0.39, 0.29) is 0 Å². The summed E-state index contributed by atoms with van der Waals surface area (Å²) in [6.45, 7) is 4.29. The zero-order valence-electron chi connectivity index (χ0n) is 15.4. The molecule has 0 N–H and O–H groups in total. The maximum atomic E-state index is 12.5. The van der Waals surface area contributed by atoms with Gasteiger partial charge in [0.05, 0.1) is 0 Å². The Morgan fingerprint density at radius 1 is 0.962 bits per heavy atom. The van der Waals surface area contributed by atoms with Crippen molar-refractivity contribution in [1.82, 2.24) is 4.90 Å². The molecule has 2 aromatic carbocycles. The Morgan fingerprint density at radius 2 is 1.77 bits per heavy atom. The average molecular weight is 348 g/mol. The van der Waals surface area contributed by atoms with Gasteiger partial charge >= 0.3 is 0 Å². The molecule has 0 aromatic heterocycles. The molecule has 3 nitrogen and oxygen atoms in total. The number of fused-ring (bicyclic) bond motifs is 1. The molecule has 2 aliphatic heterocycles. The number of anilines is 1. The van der Waals surface area contributed by atoms with Gasteiger partial charge in [0.25, 0.3) is 0 Å². The summed E-state index contributed by atoms with van der Waals surface area (Å²) in [6, 6.07) is 19.2. The van der Waals surface area contributed by atoms with Crippen LogP contribution < -0.4 is 4.90 Å². The largest absolute Gasteiger partial charge is 0.312 e. The van der Waals surface area contributed by atoms with Crippen molar-refractivity contribution < 1.29 is 4.79 Å². The highest BCUT2D eigenvalue weighted by atomic mass is 16.2. The van der Waals surface area contributed by atoms with Gasteiger partial charge in [0.15, 0.2) is 0 Å². The minimum atomic E-state index is 0.296. The smallest absolute Gasteiger partial charge is 0.227 e. The number of nitrogens with zero attached hydrogens (tertiary/aromatic N) is 2. The van der Waals surface area contributed by atoms with Crippen LogP contribution in [-0.4, -0.2) is 37.0 Å². The molecule has 0 radical (unpaired) electrons. The highest BCUT2D eigenvalue weighted by molar-refractivity contribution is 5.96. The zero-order valence-corrected chi connectivity index (χ0v) is 15.4. The van der Waals surface area contributed by atoms with Gasteiger partial charge in [-0.2, -0.15) is 0 Å². The Hall–Kier alpha value is -2.13. The van der Waals surface area contributed by atoms with Crippen molar-refractivity contribution in [2.45, 2.75) is 32.1 Å². The van der Waals surface area contributed by atoms with Gasteiger partial charge < -0.3 is 9.80 Å². The highest BCUT2D eigenvalue weighted by Crippen LogP contribution is 2.29. The molecular formula is C23H28N2O. The van der Waals surface area contributed by atoms with Gasteiger partial charge in [0, 0.05) is 31.7 Å². The van der Waals surface area contributed by atoms with E-state index in [1.165, 1.54) is 30.5 Å². The Labute approximate surface area is 156 Å². The van der Waals surface area contributed by atoms with Crippen LogP contribution in [0.15, 0.2) is 54.6 Å². The number of hydrogen-bond donors (Lipinski definition) is 0. The van der Waals surface area contributed by atoms with Crippen LogP contribution >= 0.6 is 0 Å². The summed E-state index contributed by atoms with van der Waals surface area (Å²) >= 11 is 0. The third-order valence-electron chi connectivity index (χ3n) is 5.80. The van der Waals surface area contributed by atoms with Crippen LogP contribution in [0.1, 0.15) is 30.4 Å². The number of carbonyl (C=O) groups is 1. The number of benzene rings is 2. The van der Waals surface area contributed by atoms with Gasteiger partial charge in [0.1, 0.15) is 0 Å². The van der Waals surface area contributed by atoms with Crippen molar-refractivity contribution in [3.8, 4) is 0 Å². The first-order chi connectivity index (χ1) is 12.8. The predicted octanol–water partition coefficient (Wildman–Crippen LogP) is 3.92. The van der Waals surface area contributed by atoms with E-state index in [0.29, 0.717) is 18.2 Å². The predicted molar refractivity (Wildman–Crippen MR) is 106 cm³/mol. The lowest BCUT2D eigenvalue weighted by Crippen LogP contribution is -2.44. The molecule has 0 saturated carbocycles. The van der Waals surface area contributed by atoms with Crippen molar-refractivity contribution in [3.63, 3.8) is 0 Å². The molecule has 26 heavy (non-hydrogen) atoms. The number of piperidine rings is 1. The van der Waals surface area contributed by atoms with E-state index in [0.717, 1.165) is 38.2 Å². The number of carbonyl (C=O) groups excluding carboxylic acids is 1. The van der Waals surface area contributed by atoms with Gasteiger partial charge in [0.2, 0.25) is 5.91 Å². The zero-order chi connectivity index (χ0) is 17.8. The summed E-state index contributed by atoms with van der Waals surface area (Å²) in [4.78, 5) is 17.2. The Balaban J connectivity index is 1.37. The summed E-state index contributed by atoms with van der Waals surface area (Å²) in [6.07, 6.45) is 5.12. The first kappa shape index (κ1) is 17.3. The summed E-state index contributed by atoms with van der Waals surface area (Å²) < 4.78 is 0. The van der Waals surface area contributed by atoms with Crippen LogP contribution in [0.3, 0.4) is 0 Å². The molecule has 1 unspecified atom stereocenters. The van der Waals surface area contributed by atoms with E-state index >= 15 is 0 Å². The number of amides is 1. The lowest BCUT2D eigenvalue weighted by molar-refractivity contribution is -0.119. The van der Waals surface area contributed by atoms with Crippen LogP contribution in [0, 0.1) is 5.92 Å². The van der Waals surface area contributed by atoms with Crippen molar-refractivity contribution in [2.75, 3.05) is 31.1 Å². The second-order valence-electron chi connectivity index (χ2n) is 7.68. The van der Waals surface area contributed by atoms with Gasteiger partial charge in [-0.25, -0.2) is 0 Å². The molecule has 1 fully saturated rings. The van der Waals surface area contributed by atoms with E-state index in [1.807, 2.05) is 0 Å². The minimum absolute atomic E-state index is 0.296. The number of aryl methyl sites for hydroxylation is 1. The van der Waals surface area contributed by atoms with Crippen LogP contribution in [0.25, 0.3) is 0 Å². The normalized spacial score (nSPS) is 20.8. The van der Waals surface area contributed by atoms with Crippen LogP contribution in [0.5, 0.6) is 0 Å². The highest BCUT2D eigenvalue weighted by Gasteiger charge is 2.28. The molecule has 0 spiro atoms. The fourth-order valence-electron chi connectivity index (χ4n) is 4.39. The monoisotopic (exact) mass is 348 g/mol.